The molecule has 0 radical (unpaired) electrons. The lowest BCUT2D eigenvalue weighted by atomic mass is 9.92. The third kappa shape index (κ3) is 3.81. The van der Waals surface area contributed by atoms with Gasteiger partial charge in [0.2, 0.25) is 0 Å². The van der Waals surface area contributed by atoms with Gasteiger partial charge in [0.1, 0.15) is 11.5 Å². The third-order valence-corrected chi connectivity index (χ3v) is 5.57. The largest absolute Gasteiger partial charge is 0.507 e. The molecule has 4 heteroatoms. The monoisotopic (exact) mass is 413 g/mol. The van der Waals surface area contributed by atoms with Crippen molar-refractivity contribution in [2.45, 2.75) is 39.8 Å². The Morgan fingerprint density at radius 1 is 0.742 bits per heavy atom. The molecule has 1 N–H and O–H groups in total. The van der Waals surface area contributed by atoms with E-state index >= 15 is 0 Å². The Hall–Kier alpha value is -3.53. The van der Waals surface area contributed by atoms with Gasteiger partial charge in [-0.3, -0.25) is 0 Å². The van der Waals surface area contributed by atoms with Crippen LogP contribution in [-0.4, -0.2) is 28.2 Å². The van der Waals surface area contributed by atoms with Gasteiger partial charge < -0.3 is 14.7 Å². The summed E-state index contributed by atoms with van der Waals surface area (Å²) in [6, 6.07) is 23.2. The minimum Gasteiger partial charge on any atom is -0.507 e. The molecule has 4 rings (SSSR count). The van der Waals surface area contributed by atoms with Crippen LogP contribution >= 0.6 is 0 Å². The number of nitrogens with zero attached hydrogens (tertiary/aromatic N) is 1. The normalized spacial score (nSPS) is 11.4. The minimum absolute atomic E-state index is 0.00219. The van der Waals surface area contributed by atoms with Crippen LogP contribution in [0.4, 0.5) is 4.79 Å². The summed E-state index contributed by atoms with van der Waals surface area (Å²) in [4.78, 5) is 14.8. The number of aromatic hydroxyl groups is 1. The maximum atomic E-state index is 13.1. The fraction of sp³-hybridized carbons (Fsp3) is 0.222. The fourth-order valence-electron chi connectivity index (χ4n) is 4.28. The molecule has 0 aromatic heterocycles. The zero-order chi connectivity index (χ0) is 22.1. The number of benzene rings is 4. The first-order valence-electron chi connectivity index (χ1n) is 10.6. The van der Waals surface area contributed by atoms with Gasteiger partial charge in [0, 0.05) is 23.2 Å². The highest BCUT2D eigenvalue weighted by Crippen LogP contribution is 2.45. The molecule has 4 aromatic carbocycles. The Kier molecular flexibility index (Phi) is 5.55. The number of fused-ring (bicyclic) bond motifs is 2. The van der Waals surface area contributed by atoms with Gasteiger partial charge in [0.25, 0.3) is 0 Å². The number of hydrogen-bond acceptors (Lipinski definition) is 3. The van der Waals surface area contributed by atoms with Crippen LogP contribution in [0, 0.1) is 0 Å². The summed E-state index contributed by atoms with van der Waals surface area (Å²) in [7, 11) is 0. The first-order chi connectivity index (χ1) is 14.9. The second-order valence-corrected chi connectivity index (χ2v) is 8.30. The average molecular weight is 414 g/mol. The lowest BCUT2D eigenvalue weighted by molar-refractivity contribution is 0.123. The van der Waals surface area contributed by atoms with Gasteiger partial charge >= 0.3 is 6.09 Å². The number of rotatable bonds is 4. The Bertz CT molecular complexity index is 1250. The van der Waals surface area contributed by atoms with Crippen molar-refractivity contribution in [2.24, 2.45) is 0 Å². The van der Waals surface area contributed by atoms with E-state index in [0.29, 0.717) is 16.9 Å². The molecule has 0 bridgehead atoms. The molecule has 0 saturated carbocycles. The Balaban J connectivity index is 1.97. The molecule has 1 amide bonds. The number of hydrogen-bond donors (Lipinski definition) is 1. The van der Waals surface area contributed by atoms with Gasteiger partial charge in [-0.25, -0.2) is 4.79 Å². The van der Waals surface area contributed by atoms with Crippen molar-refractivity contribution in [3.8, 4) is 22.6 Å². The molecule has 0 unspecified atom stereocenters. The van der Waals surface area contributed by atoms with Gasteiger partial charge in [0.05, 0.1) is 0 Å². The van der Waals surface area contributed by atoms with Crippen molar-refractivity contribution in [3.05, 3.63) is 72.8 Å². The van der Waals surface area contributed by atoms with Crippen molar-refractivity contribution in [1.82, 2.24) is 4.90 Å². The lowest BCUT2D eigenvalue weighted by Gasteiger charge is -2.30. The van der Waals surface area contributed by atoms with E-state index in [4.69, 9.17) is 4.74 Å². The highest BCUT2D eigenvalue weighted by atomic mass is 16.6. The van der Waals surface area contributed by atoms with Gasteiger partial charge in [-0.2, -0.15) is 0 Å². The molecule has 0 aliphatic carbocycles. The summed E-state index contributed by atoms with van der Waals surface area (Å²) in [5, 5.41) is 14.7. The number of ether oxygens (including phenoxy) is 1. The number of carbonyl (C=O) groups excluding carboxylic acids is 1. The van der Waals surface area contributed by atoms with Crippen LogP contribution < -0.4 is 4.74 Å². The highest BCUT2D eigenvalue weighted by Gasteiger charge is 2.25. The molecule has 0 fully saturated rings. The molecule has 0 spiro atoms. The number of phenols is 1. The quantitative estimate of drug-likeness (QED) is 0.392. The minimum atomic E-state index is -0.402. The molecule has 0 aliphatic heterocycles. The van der Waals surface area contributed by atoms with E-state index in [2.05, 4.69) is 0 Å². The van der Waals surface area contributed by atoms with Crippen LogP contribution in [0.1, 0.15) is 27.7 Å². The predicted molar refractivity (Wildman–Crippen MR) is 127 cm³/mol. The summed E-state index contributed by atoms with van der Waals surface area (Å²) in [5.41, 5.74) is 1.38. The molecule has 0 heterocycles. The summed E-state index contributed by atoms with van der Waals surface area (Å²) >= 11 is 0. The number of amides is 1. The average Bonchev–Trinajstić information content (AvgIpc) is 2.73. The van der Waals surface area contributed by atoms with Crippen molar-refractivity contribution in [2.75, 3.05) is 0 Å². The number of phenolic OH excluding ortho intramolecular Hbond substituents is 1. The van der Waals surface area contributed by atoms with Gasteiger partial charge in [-0.15, -0.1) is 0 Å². The predicted octanol–water partition coefficient (Wildman–Crippen LogP) is 6.98. The SMILES string of the molecule is CC(C)N(C(=O)Oc1ccc2ccccc2c1-c1c(O)ccc2ccccc12)C(C)C. The van der Waals surface area contributed by atoms with Crippen LogP contribution in [0.15, 0.2) is 72.8 Å². The van der Waals surface area contributed by atoms with Crippen LogP contribution in [-0.2, 0) is 0 Å². The van der Waals surface area contributed by atoms with E-state index in [1.807, 2.05) is 94.4 Å². The molecule has 4 aromatic rings. The van der Waals surface area contributed by atoms with Crippen LogP contribution in [0.2, 0.25) is 0 Å². The Morgan fingerprint density at radius 3 is 1.84 bits per heavy atom. The molecule has 31 heavy (non-hydrogen) atoms. The Labute approximate surface area is 182 Å². The van der Waals surface area contributed by atoms with E-state index < -0.39 is 6.09 Å². The van der Waals surface area contributed by atoms with Crippen LogP contribution in [0.5, 0.6) is 11.5 Å². The molecular weight excluding hydrogens is 386 g/mol. The van der Waals surface area contributed by atoms with Crippen molar-refractivity contribution in [1.29, 1.82) is 0 Å². The topological polar surface area (TPSA) is 49.8 Å². The summed E-state index contributed by atoms with van der Waals surface area (Å²) < 4.78 is 5.97. The van der Waals surface area contributed by atoms with Crippen LogP contribution in [0.25, 0.3) is 32.7 Å². The molecule has 4 nitrogen and oxygen atoms in total. The van der Waals surface area contributed by atoms with E-state index in [1.54, 1.807) is 11.0 Å². The fourth-order valence-corrected chi connectivity index (χ4v) is 4.28. The van der Waals surface area contributed by atoms with Crippen molar-refractivity contribution >= 4 is 27.6 Å². The smallest absolute Gasteiger partial charge is 0.415 e. The first kappa shape index (κ1) is 20.7. The van der Waals surface area contributed by atoms with E-state index in [9.17, 15) is 9.90 Å². The summed E-state index contributed by atoms with van der Waals surface area (Å²) in [6.07, 6.45) is -0.402. The zero-order valence-electron chi connectivity index (χ0n) is 18.3. The van der Waals surface area contributed by atoms with Crippen molar-refractivity contribution < 1.29 is 14.6 Å². The van der Waals surface area contributed by atoms with E-state index in [1.165, 1.54) is 0 Å². The third-order valence-electron chi connectivity index (χ3n) is 5.57. The maximum Gasteiger partial charge on any atom is 0.415 e. The maximum absolute atomic E-state index is 13.1. The Morgan fingerprint density at radius 2 is 1.26 bits per heavy atom. The summed E-state index contributed by atoms with van der Waals surface area (Å²) in [5.74, 6) is 0.582. The van der Waals surface area contributed by atoms with E-state index in [0.717, 1.165) is 21.5 Å². The van der Waals surface area contributed by atoms with Crippen LogP contribution in [0.3, 0.4) is 0 Å². The second kappa shape index (κ2) is 8.31. The van der Waals surface area contributed by atoms with Gasteiger partial charge in [-0.1, -0.05) is 60.7 Å². The molecule has 0 saturated heterocycles. The first-order valence-corrected chi connectivity index (χ1v) is 10.6. The molecular formula is C27H27NO3. The molecule has 0 aliphatic rings. The highest BCUT2D eigenvalue weighted by molar-refractivity contribution is 6.10. The standard InChI is InChI=1S/C27H27NO3/c1-17(2)28(18(3)4)27(30)31-24-16-14-20-10-6-8-12-22(20)26(24)25-21-11-7-5-9-19(21)13-15-23(25)29/h5-18,29H,1-4H3. The van der Waals surface area contributed by atoms with Gasteiger partial charge in [-0.05, 0) is 61.4 Å². The number of carbonyl (C=O) groups is 1. The molecule has 0 atom stereocenters. The van der Waals surface area contributed by atoms with Gasteiger partial charge in [0.15, 0.2) is 0 Å². The molecule has 158 valence electrons. The second-order valence-electron chi connectivity index (χ2n) is 8.30. The van der Waals surface area contributed by atoms with E-state index in [-0.39, 0.29) is 17.8 Å². The summed E-state index contributed by atoms with van der Waals surface area (Å²) in [6.45, 7) is 7.89. The van der Waals surface area contributed by atoms with Crippen molar-refractivity contribution in [3.63, 3.8) is 0 Å². The lowest BCUT2D eigenvalue weighted by Crippen LogP contribution is -2.43. The zero-order valence-corrected chi connectivity index (χ0v) is 18.3.